The number of ether oxygens (including phenoxy) is 8. The highest BCUT2D eigenvalue weighted by Gasteiger charge is 2.48. The van der Waals surface area contributed by atoms with Crippen LogP contribution in [-0.4, -0.2) is 59.0 Å². The Labute approximate surface area is 245 Å². The van der Waals surface area contributed by atoms with Crippen molar-refractivity contribution in [3.63, 3.8) is 0 Å². The predicted octanol–water partition coefficient (Wildman–Crippen LogP) is 5.96. The number of aromatic hydroxyl groups is 2. The molecular formula is C32H38O10. The zero-order chi connectivity index (χ0) is 30.0. The molecule has 2 aliphatic heterocycles. The molecule has 2 fully saturated rings. The normalized spacial score (nSPS) is 21.1. The highest BCUT2D eigenvalue weighted by atomic mass is 16.5. The third kappa shape index (κ3) is 5.32. The minimum absolute atomic E-state index is 0.0517. The van der Waals surface area contributed by atoms with Crippen LogP contribution in [-0.2, 0) is 15.9 Å². The molecule has 10 heteroatoms. The molecule has 0 amide bonds. The molecule has 4 unspecified atom stereocenters. The topological polar surface area (TPSA) is 114 Å². The van der Waals surface area contributed by atoms with E-state index < -0.39 is 0 Å². The van der Waals surface area contributed by atoms with E-state index in [1.165, 1.54) is 21.3 Å². The number of phenols is 2. The van der Waals surface area contributed by atoms with Gasteiger partial charge in [-0.05, 0) is 59.5 Å². The van der Waals surface area contributed by atoms with Crippen molar-refractivity contribution in [1.82, 2.24) is 0 Å². The molecule has 2 heterocycles. The van der Waals surface area contributed by atoms with Crippen LogP contribution in [0.15, 0.2) is 36.4 Å². The molecule has 3 aromatic carbocycles. The number of fused-ring (bicyclic) bond motifs is 1. The largest absolute Gasteiger partial charge is 0.502 e. The summed E-state index contributed by atoms with van der Waals surface area (Å²) in [5, 5.41) is 21.2. The van der Waals surface area contributed by atoms with Crippen LogP contribution in [0.2, 0.25) is 0 Å². The van der Waals surface area contributed by atoms with Crippen LogP contribution >= 0.6 is 0 Å². The molecule has 0 radical (unpaired) electrons. The maximum atomic E-state index is 10.8. The van der Waals surface area contributed by atoms with Gasteiger partial charge in [0.25, 0.3) is 0 Å². The van der Waals surface area contributed by atoms with E-state index in [9.17, 15) is 10.2 Å². The van der Waals surface area contributed by atoms with Gasteiger partial charge < -0.3 is 48.1 Å². The van der Waals surface area contributed by atoms with Crippen molar-refractivity contribution in [2.75, 3.05) is 48.8 Å². The number of methoxy groups -OCH3 is 5. The second kappa shape index (κ2) is 12.5. The minimum Gasteiger partial charge on any atom is -0.502 e. The van der Waals surface area contributed by atoms with E-state index in [-0.39, 0.29) is 41.3 Å². The number of hydrogen-bond acceptors (Lipinski definition) is 10. The molecule has 2 N–H and O–H groups in total. The van der Waals surface area contributed by atoms with Gasteiger partial charge in [0.15, 0.2) is 34.5 Å². The second-order valence-electron chi connectivity index (χ2n) is 10.4. The molecule has 226 valence electrons. The summed E-state index contributed by atoms with van der Waals surface area (Å²) in [7, 11) is 7.61. The van der Waals surface area contributed by atoms with Crippen molar-refractivity contribution in [3.05, 3.63) is 53.1 Å². The average Bonchev–Trinajstić information content (AvgIpc) is 3.61. The van der Waals surface area contributed by atoms with Gasteiger partial charge in [-0.15, -0.1) is 0 Å². The van der Waals surface area contributed by atoms with Crippen molar-refractivity contribution in [2.24, 2.45) is 11.8 Å². The lowest BCUT2D eigenvalue weighted by Gasteiger charge is -2.21. The van der Waals surface area contributed by atoms with E-state index >= 15 is 0 Å². The molecule has 10 nitrogen and oxygen atoms in total. The maximum Gasteiger partial charge on any atom is 0.211 e. The van der Waals surface area contributed by atoms with Crippen molar-refractivity contribution >= 4 is 0 Å². The molecule has 0 spiro atoms. The Morgan fingerprint density at radius 3 is 1.48 bits per heavy atom. The summed E-state index contributed by atoms with van der Waals surface area (Å²) < 4.78 is 46.4. The van der Waals surface area contributed by atoms with E-state index in [4.69, 9.17) is 37.9 Å². The molecule has 0 aromatic heterocycles. The van der Waals surface area contributed by atoms with Gasteiger partial charge in [0.1, 0.15) is 0 Å². The van der Waals surface area contributed by atoms with Gasteiger partial charge in [-0.1, -0.05) is 13.3 Å². The lowest BCUT2D eigenvalue weighted by Crippen LogP contribution is -2.15. The monoisotopic (exact) mass is 582 g/mol. The fraction of sp³-hybridized carbons (Fsp3) is 0.438. The van der Waals surface area contributed by atoms with E-state index in [1.54, 1.807) is 38.5 Å². The number of rotatable bonds is 11. The van der Waals surface area contributed by atoms with Crippen LogP contribution in [0.4, 0.5) is 0 Å². The second-order valence-corrected chi connectivity index (χ2v) is 10.4. The molecule has 3 aromatic rings. The fourth-order valence-corrected chi connectivity index (χ4v) is 5.89. The first kappa shape index (κ1) is 29.5. The van der Waals surface area contributed by atoms with Gasteiger partial charge >= 0.3 is 0 Å². The molecule has 2 saturated heterocycles. The quantitative estimate of drug-likeness (QED) is 0.281. The zero-order valence-corrected chi connectivity index (χ0v) is 24.8. The number of hydrogen-bond donors (Lipinski definition) is 2. The van der Waals surface area contributed by atoms with Gasteiger partial charge in [0, 0.05) is 11.8 Å². The molecule has 0 saturated carbocycles. The standard InChI is InChI=1S/C32H38O10/c1-7-8-17-9-22(35-2)29(34)25(10-17)42-32-26(38-5)13-19(14-27(32)39-6)31-21-16-40-30(20(21)15-41-31)18-11-23(36-3)28(33)24(12-18)37-4/h9-14,20-21,30-31,33-34H,7-8,15-16H2,1-6H3. The zero-order valence-electron chi connectivity index (χ0n) is 24.8. The van der Waals surface area contributed by atoms with E-state index in [1.807, 2.05) is 12.1 Å². The Kier molecular flexibility index (Phi) is 8.74. The average molecular weight is 583 g/mol. The fourth-order valence-electron chi connectivity index (χ4n) is 5.89. The Balaban J connectivity index is 1.44. The third-order valence-electron chi connectivity index (χ3n) is 7.98. The number of aryl methyl sites for hydroxylation is 1. The molecule has 4 atom stereocenters. The molecule has 2 aliphatic rings. The van der Waals surface area contributed by atoms with Crippen LogP contribution in [0.3, 0.4) is 0 Å². The lowest BCUT2D eigenvalue weighted by atomic mass is 9.84. The van der Waals surface area contributed by atoms with Gasteiger partial charge in [-0.25, -0.2) is 0 Å². The summed E-state index contributed by atoms with van der Waals surface area (Å²) in [5.74, 6) is 2.36. The van der Waals surface area contributed by atoms with Gasteiger partial charge in [0.05, 0.1) is 61.0 Å². The van der Waals surface area contributed by atoms with Crippen molar-refractivity contribution < 1.29 is 48.1 Å². The first-order chi connectivity index (χ1) is 20.4. The molecular weight excluding hydrogens is 544 g/mol. The van der Waals surface area contributed by atoms with Gasteiger partial charge in [-0.3, -0.25) is 0 Å². The Bertz CT molecular complexity index is 1370. The number of benzene rings is 3. The third-order valence-corrected chi connectivity index (χ3v) is 7.98. The van der Waals surface area contributed by atoms with Crippen LogP contribution in [0.25, 0.3) is 0 Å². The first-order valence-electron chi connectivity index (χ1n) is 13.9. The smallest absolute Gasteiger partial charge is 0.211 e. The highest BCUT2D eigenvalue weighted by Crippen LogP contribution is 2.54. The summed E-state index contributed by atoms with van der Waals surface area (Å²) in [6.45, 7) is 3.04. The Morgan fingerprint density at radius 2 is 1.02 bits per heavy atom. The van der Waals surface area contributed by atoms with E-state index in [2.05, 4.69) is 6.92 Å². The summed E-state index contributed by atoms with van der Waals surface area (Å²) in [6, 6.07) is 10.9. The minimum atomic E-state index is -0.279. The first-order valence-corrected chi connectivity index (χ1v) is 13.9. The lowest BCUT2D eigenvalue weighted by molar-refractivity contribution is 0.0190. The summed E-state index contributed by atoms with van der Waals surface area (Å²) in [5.41, 5.74) is 2.68. The Hall–Kier alpha value is -4.02. The Morgan fingerprint density at radius 1 is 0.619 bits per heavy atom. The van der Waals surface area contributed by atoms with Gasteiger partial charge in [-0.2, -0.15) is 0 Å². The molecule has 42 heavy (non-hydrogen) atoms. The molecule has 0 bridgehead atoms. The highest BCUT2D eigenvalue weighted by molar-refractivity contribution is 5.60. The van der Waals surface area contributed by atoms with Crippen LogP contribution < -0.4 is 28.4 Å². The van der Waals surface area contributed by atoms with Crippen molar-refractivity contribution in [2.45, 2.75) is 32.0 Å². The van der Waals surface area contributed by atoms with Gasteiger partial charge in [0.2, 0.25) is 17.2 Å². The van der Waals surface area contributed by atoms with E-state index in [0.717, 1.165) is 29.5 Å². The van der Waals surface area contributed by atoms with Crippen LogP contribution in [0.5, 0.6) is 51.7 Å². The SMILES string of the molecule is CCCc1cc(OC)c(O)c(Oc2c(OC)cc(C3OCC4C(c5cc(OC)c(O)c(OC)c5)OCC34)cc2OC)c1. The predicted molar refractivity (Wildman–Crippen MR) is 154 cm³/mol. The maximum absolute atomic E-state index is 10.8. The molecule has 5 rings (SSSR count). The number of phenolic OH excluding ortho intramolecular Hbond substituents is 2. The van der Waals surface area contributed by atoms with Crippen LogP contribution in [0, 0.1) is 11.8 Å². The van der Waals surface area contributed by atoms with Crippen molar-refractivity contribution in [1.29, 1.82) is 0 Å². The van der Waals surface area contributed by atoms with E-state index in [0.29, 0.717) is 47.7 Å². The summed E-state index contributed by atoms with van der Waals surface area (Å²) in [4.78, 5) is 0. The summed E-state index contributed by atoms with van der Waals surface area (Å²) in [6.07, 6.45) is 1.19. The van der Waals surface area contributed by atoms with Crippen molar-refractivity contribution in [3.8, 4) is 51.7 Å². The molecule has 0 aliphatic carbocycles. The van der Waals surface area contributed by atoms with Crippen LogP contribution in [0.1, 0.15) is 42.2 Å². The summed E-state index contributed by atoms with van der Waals surface area (Å²) >= 11 is 0.